The summed E-state index contributed by atoms with van der Waals surface area (Å²) in [5.41, 5.74) is 8.89. The lowest BCUT2D eigenvalue weighted by atomic mass is 9.88. The molecule has 0 fully saturated rings. The van der Waals surface area contributed by atoms with Gasteiger partial charge in [0, 0.05) is 27.1 Å². The van der Waals surface area contributed by atoms with Gasteiger partial charge >= 0.3 is 0 Å². The van der Waals surface area contributed by atoms with Gasteiger partial charge in [-0.2, -0.15) is 4.98 Å². The molecule has 0 spiro atoms. The molecule has 0 unspecified atom stereocenters. The van der Waals surface area contributed by atoms with Crippen molar-refractivity contribution in [1.82, 2.24) is 14.5 Å². The second kappa shape index (κ2) is 9.05. The quantitative estimate of drug-likeness (QED) is 0.198. The Labute approximate surface area is 268 Å². The summed E-state index contributed by atoms with van der Waals surface area (Å²) in [5.74, 6) is 1.31. The summed E-state index contributed by atoms with van der Waals surface area (Å²) < 4.78 is 8.86. The van der Waals surface area contributed by atoms with Gasteiger partial charge in [0.15, 0.2) is 11.4 Å². The molecule has 0 atom stereocenters. The minimum Gasteiger partial charge on any atom is -0.450 e. The zero-order chi connectivity index (χ0) is 30.6. The van der Waals surface area contributed by atoms with Gasteiger partial charge in [0.2, 0.25) is 5.95 Å². The van der Waals surface area contributed by atoms with Crippen molar-refractivity contribution in [2.45, 2.75) is 0 Å². The number of anilines is 3. The van der Waals surface area contributed by atoms with Crippen LogP contribution in [0, 0.1) is 0 Å². The first-order valence-electron chi connectivity index (χ1n) is 15.9. The topological polar surface area (TPSA) is 47.1 Å². The Hall–Kier alpha value is -6.46. The van der Waals surface area contributed by atoms with Gasteiger partial charge in [0.1, 0.15) is 11.1 Å². The highest BCUT2D eigenvalue weighted by Gasteiger charge is 2.31. The number of fused-ring (bicyclic) bond motifs is 10. The Morgan fingerprint density at radius 2 is 1.15 bits per heavy atom. The number of hydrogen-bond donors (Lipinski definition) is 0. The fraction of sp³-hybridized carbons (Fsp3) is 0. The van der Waals surface area contributed by atoms with Gasteiger partial charge in [-0.15, -0.1) is 0 Å². The van der Waals surface area contributed by atoms with E-state index in [0.717, 1.165) is 38.9 Å². The van der Waals surface area contributed by atoms with Crippen molar-refractivity contribution in [1.29, 1.82) is 0 Å². The van der Waals surface area contributed by atoms with Gasteiger partial charge in [-0.1, -0.05) is 109 Å². The van der Waals surface area contributed by atoms with E-state index in [1.54, 1.807) is 0 Å². The molecule has 0 N–H and O–H groups in total. The number of para-hydroxylation sites is 3. The first-order valence-corrected chi connectivity index (χ1v) is 15.9. The van der Waals surface area contributed by atoms with E-state index < -0.39 is 0 Å². The average molecular weight is 601 g/mol. The predicted octanol–water partition coefficient (Wildman–Crippen LogP) is 11.2. The first-order chi connectivity index (χ1) is 23.3. The van der Waals surface area contributed by atoms with Gasteiger partial charge in [-0.05, 0) is 58.1 Å². The summed E-state index contributed by atoms with van der Waals surface area (Å²) in [6.45, 7) is 0. The van der Waals surface area contributed by atoms with Crippen LogP contribution in [-0.2, 0) is 0 Å². The normalized spacial score (nSPS) is 12.6. The van der Waals surface area contributed by atoms with Crippen molar-refractivity contribution in [3.8, 4) is 16.9 Å². The number of furan rings is 1. The molecule has 0 amide bonds. The van der Waals surface area contributed by atoms with Crippen LogP contribution in [0.25, 0.3) is 82.4 Å². The average Bonchev–Trinajstić information content (AvgIpc) is 3.67. The summed E-state index contributed by atoms with van der Waals surface area (Å²) in [6, 6.07) is 51.3. The van der Waals surface area contributed by atoms with Crippen molar-refractivity contribution in [3.63, 3.8) is 0 Å². The Morgan fingerprint density at radius 3 is 1.96 bits per heavy atom. The van der Waals surface area contributed by atoms with Crippen molar-refractivity contribution < 1.29 is 4.42 Å². The minimum absolute atomic E-state index is 0.597. The number of nitrogens with zero attached hydrogens (tertiary/aromatic N) is 4. The molecule has 7 aromatic carbocycles. The Balaban J connectivity index is 1.32. The first kappa shape index (κ1) is 24.8. The third kappa shape index (κ3) is 3.27. The minimum atomic E-state index is 0.597. The monoisotopic (exact) mass is 600 g/mol. The van der Waals surface area contributed by atoms with Gasteiger partial charge in [0.25, 0.3) is 0 Å². The van der Waals surface area contributed by atoms with Crippen LogP contribution in [-0.4, -0.2) is 14.5 Å². The molecule has 0 aliphatic carbocycles. The van der Waals surface area contributed by atoms with Crippen molar-refractivity contribution in [2.24, 2.45) is 0 Å². The Morgan fingerprint density at radius 1 is 0.489 bits per heavy atom. The van der Waals surface area contributed by atoms with Crippen molar-refractivity contribution in [2.75, 3.05) is 4.90 Å². The summed E-state index contributed by atoms with van der Waals surface area (Å²) >= 11 is 0. The molecule has 0 bridgehead atoms. The van der Waals surface area contributed by atoms with Crippen molar-refractivity contribution in [3.05, 3.63) is 146 Å². The lowest BCUT2D eigenvalue weighted by Crippen LogP contribution is -2.18. The van der Waals surface area contributed by atoms with E-state index in [-0.39, 0.29) is 0 Å². The van der Waals surface area contributed by atoms with Gasteiger partial charge in [-0.25, -0.2) is 4.98 Å². The molecule has 5 nitrogen and oxygen atoms in total. The van der Waals surface area contributed by atoms with Crippen LogP contribution in [0.3, 0.4) is 0 Å². The highest BCUT2D eigenvalue weighted by atomic mass is 16.3. The molecule has 3 aromatic heterocycles. The molecule has 4 heterocycles. The van der Waals surface area contributed by atoms with Crippen LogP contribution >= 0.6 is 0 Å². The van der Waals surface area contributed by atoms with Crippen LogP contribution < -0.4 is 4.90 Å². The highest BCUT2D eigenvalue weighted by molar-refractivity contribution is 6.19. The molecule has 218 valence electrons. The fourth-order valence-corrected chi connectivity index (χ4v) is 7.76. The maximum absolute atomic E-state index is 6.62. The number of aromatic nitrogens is 3. The summed E-state index contributed by atoms with van der Waals surface area (Å²) in [5, 5.41) is 8.07. The lowest BCUT2D eigenvalue weighted by Gasteiger charge is -2.32. The van der Waals surface area contributed by atoms with E-state index in [1.165, 1.54) is 43.4 Å². The van der Waals surface area contributed by atoms with Crippen LogP contribution in [0.4, 0.5) is 17.3 Å². The van der Waals surface area contributed by atoms with E-state index in [1.807, 2.05) is 18.2 Å². The zero-order valence-electron chi connectivity index (χ0n) is 25.1. The maximum Gasteiger partial charge on any atom is 0.237 e. The molecule has 1 aliphatic heterocycles. The Bertz CT molecular complexity index is 2870. The fourth-order valence-electron chi connectivity index (χ4n) is 7.76. The standard InChI is InChI=1S/C42H24N4O/c1-2-14-27-25(11-1)23-24-35-38(27)31-18-9-12-26-13-10-21-34(37(26)31)46(35)42-43-39-30-17-5-8-22-36(30)47-40(39)41(44-42)45-32-19-6-3-15-28(32)29-16-4-7-20-33(29)45/h1-24H. The summed E-state index contributed by atoms with van der Waals surface area (Å²) in [7, 11) is 0. The highest BCUT2D eigenvalue weighted by Crippen LogP contribution is 2.53. The van der Waals surface area contributed by atoms with E-state index in [2.05, 4.69) is 137 Å². The zero-order valence-corrected chi connectivity index (χ0v) is 25.1. The molecule has 47 heavy (non-hydrogen) atoms. The molecule has 10 aromatic rings. The van der Waals surface area contributed by atoms with Crippen LogP contribution in [0.5, 0.6) is 0 Å². The third-order valence-electron chi connectivity index (χ3n) is 9.72. The van der Waals surface area contributed by atoms with Crippen LogP contribution in [0.2, 0.25) is 0 Å². The molecule has 11 rings (SSSR count). The molecule has 5 heteroatoms. The molecular weight excluding hydrogens is 576 g/mol. The molecular formula is C42H24N4O. The molecule has 1 aliphatic rings. The summed E-state index contributed by atoms with van der Waals surface area (Å²) in [4.78, 5) is 13.1. The van der Waals surface area contributed by atoms with Crippen LogP contribution in [0.1, 0.15) is 0 Å². The van der Waals surface area contributed by atoms with Gasteiger partial charge in [0.05, 0.1) is 22.4 Å². The predicted molar refractivity (Wildman–Crippen MR) is 192 cm³/mol. The lowest BCUT2D eigenvalue weighted by molar-refractivity contribution is 0.662. The number of benzene rings is 7. The summed E-state index contributed by atoms with van der Waals surface area (Å²) in [6.07, 6.45) is 0. The van der Waals surface area contributed by atoms with Gasteiger partial charge < -0.3 is 4.42 Å². The number of rotatable bonds is 2. The Kier molecular flexibility index (Phi) is 4.78. The van der Waals surface area contributed by atoms with Crippen LogP contribution in [0.15, 0.2) is 150 Å². The largest absolute Gasteiger partial charge is 0.450 e. The van der Waals surface area contributed by atoms with E-state index in [9.17, 15) is 0 Å². The van der Waals surface area contributed by atoms with E-state index >= 15 is 0 Å². The van der Waals surface area contributed by atoms with Crippen molar-refractivity contribution >= 4 is 82.7 Å². The molecule has 0 saturated carbocycles. The second-order valence-electron chi connectivity index (χ2n) is 12.2. The second-order valence-corrected chi connectivity index (χ2v) is 12.2. The SMILES string of the molecule is c1ccc2c3c(ccc2c1)N(c1nc(-n2c4ccccc4c4ccccc42)c2oc4ccccc4c2n1)c1cccc2cccc-3c12. The third-order valence-corrected chi connectivity index (χ3v) is 9.72. The van der Waals surface area contributed by atoms with Gasteiger partial charge in [-0.3, -0.25) is 9.47 Å². The maximum atomic E-state index is 6.62. The molecule has 0 saturated heterocycles. The van der Waals surface area contributed by atoms with E-state index in [0.29, 0.717) is 17.3 Å². The smallest absolute Gasteiger partial charge is 0.237 e. The molecule has 0 radical (unpaired) electrons. The number of hydrogen-bond acceptors (Lipinski definition) is 4. The van der Waals surface area contributed by atoms with E-state index in [4.69, 9.17) is 14.4 Å².